The highest BCUT2D eigenvalue weighted by molar-refractivity contribution is 6.30. The summed E-state index contributed by atoms with van der Waals surface area (Å²) in [4.78, 5) is 28.4. The molecule has 0 bridgehead atoms. The second-order valence-corrected chi connectivity index (χ2v) is 6.12. The van der Waals surface area contributed by atoms with Crippen LogP contribution in [0.4, 0.5) is 0 Å². The van der Waals surface area contributed by atoms with Crippen LogP contribution in [-0.4, -0.2) is 34.7 Å². The molecule has 3 rings (SSSR count). The predicted octanol–water partition coefficient (Wildman–Crippen LogP) is 1.86. The van der Waals surface area contributed by atoms with Crippen LogP contribution in [0, 0.1) is 0 Å². The Morgan fingerprint density at radius 3 is 2.83 bits per heavy atom. The van der Waals surface area contributed by atoms with Crippen LogP contribution in [-0.2, 0) is 16.1 Å². The molecule has 0 saturated carbocycles. The van der Waals surface area contributed by atoms with E-state index < -0.39 is 0 Å². The number of benzene rings is 1. The standard InChI is InChI=1S/C17H18ClN3O3/c18-13-5-3-12(4-6-13)15-8-17(23)21(11-20-15)10-16(22)19-9-14-2-1-7-24-14/h3-6,8,11,14H,1-2,7,9-10H2,(H,19,22). The molecule has 2 aromatic rings. The highest BCUT2D eigenvalue weighted by Crippen LogP contribution is 2.17. The molecular weight excluding hydrogens is 330 g/mol. The van der Waals surface area contributed by atoms with Crippen LogP contribution in [0.15, 0.2) is 41.5 Å². The number of hydrogen-bond acceptors (Lipinski definition) is 4. The van der Waals surface area contributed by atoms with Crippen molar-refractivity contribution in [3.05, 3.63) is 52.0 Å². The fourth-order valence-electron chi connectivity index (χ4n) is 2.57. The van der Waals surface area contributed by atoms with E-state index in [4.69, 9.17) is 16.3 Å². The summed E-state index contributed by atoms with van der Waals surface area (Å²) < 4.78 is 6.73. The highest BCUT2D eigenvalue weighted by Gasteiger charge is 2.16. The second-order valence-electron chi connectivity index (χ2n) is 5.69. The molecule has 1 saturated heterocycles. The van der Waals surface area contributed by atoms with Crippen molar-refractivity contribution < 1.29 is 9.53 Å². The number of nitrogens with zero attached hydrogens (tertiary/aromatic N) is 2. The summed E-state index contributed by atoms with van der Waals surface area (Å²) in [6.45, 7) is 1.17. The van der Waals surface area contributed by atoms with Gasteiger partial charge in [-0.2, -0.15) is 0 Å². The summed E-state index contributed by atoms with van der Waals surface area (Å²) in [5.74, 6) is -0.228. The summed E-state index contributed by atoms with van der Waals surface area (Å²) in [6.07, 6.45) is 3.45. The van der Waals surface area contributed by atoms with E-state index >= 15 is 0 Å². The van der Waals surface area contributed by atoms with Crippen molar-refractivity contribution in [3.8, 4) is 11.3 Å². The lowest BCUT2D eigenvalue weighted by molar-refractivity contribution is -0.122. The molecule has 126 valence electrons. The largest absolute Gasteiger partial charge is 0.376 e. The summed E-state index contributed by atoms with van der Waals surface area (Å²) >= 11 is 5.85. The monoisotopic (exact) mass is 347 g/mol. The molecular formula is C17H18ClN3O3. The van der Waals surface area contributed by atoms with E-state index in [0.717, 1.165) is 25.0 Å². The average molecular weight is 348 g/mol. The lowest BCUT2D eigenvalue weighted by atomic mass is 10.1. The van der Waals surface area contributed by atoms with Gasteiger partial charge in [0.25, 0.3) is 5.56 Å². The molecule has 6 nitrogen and oxygen atoms in total. The molecule has 1 aliphatic rings. The van der Waals surface area contributed by atoms with Crippen LogP contribution in [0.5, 0.6) is 0 Å². The van der Waals surface area contributed by atoms with Crippen molar-refractivity contribution in [1.29, 1.82) is 0 Å². The van der Waals surface area contributed by atoms with Crippen LogP contribution in [0.1, 0.15) is 12.8 Å². The Bertz CT molecular complexity index is 767. The predicted molar refractivity (Wildman–Crippen MR) is 90.9 cm³/mol. The van der Waals surface area contributed by atoms with Gasteiger partial charge in [-0.05, 0) is 25.0 Å². The van der Waals surface area contributed by atoms with Crippen LogP contribution in [0.2, 0.25) is 5.02 Å². The molecule has 0 radical (unpaired) electrons. The van der Waals surface area contributed by atoms with Gasteiger partial charge in [0, 0.05) is 29.8 Å². The van der Waals surface area contributed by atoms with Crippen molar-refractivity contribution >= 4 is 17.5 Å². The number of ether oxygens (including phenoxy) is 1. The highest BCUT2D eigenvalue weighted by atomic mass is 35.5. The first-order valence-corrected chi connectivity index (χ1v) is 8.20. The maximum atomic E-state index is 12.2. The molecule has 1 aromatic heterocycles. The van der Waals surface area contributed by atoms with E-state index in [-0.39, 0.29) is 24.1 Å². The quantitative estimate of drug-likeness (QED) is 0.896. The van der Waals surface area contributed by atoms with E-state index in [9.17, 15) is 9.59 Å². The molecule has 2 heterocycles. The third kappa shape index (κ3) is 4.21. The first-order valence-electron chi connectivity index (χ1n) is 7.82. The molecule has 7 heteroatoms. The third-order valence-electron chi connectivity index (χ3n) is 3.88. The van der Waals surface area contributed by atoms with Crippen LogP contribution in [0.25, 0.3) is 11.3 Å². The molecule has 1 unspecified atom stereocenters. The molecule has 1 amide bonds. The van der Waals surface area contributed by atoms with Gasteiger partial charge < -0.3 is 10.1 Å². The normalized spacial score (nSPS) is 17.0. The van der Waals surface area contributed by atoms with E-state index in [1.165, 1.54) is 17.0 Å². The first-order chi connectivity index (χ1) is 11.6. The number of aromatic nitrogens is 2. The van der Waals surface area contributed by atoms with Gasteiger partial charge in [-0.15, -0.1) is 0 Å². The number of carbonyl (C=O) groups excluding carboxylic acids is 1. The topological polar surface area (TPSA) is 73.2 Å². The zero-order valence-corrected chi connectivity index (χ0v) is 13.8. The minimum Gasteiger partial charge on any atom is -0.376 e. The van der Waals surface area contributed by atoms with Gasteiger partial charge in [-0.3, -0.25) is 14.2 Å². The van der Waals surface area contributed by atoms with Gasteiger partial charge in [0.1, 0.15) is 6.54 Å². The molecule has 1 atom stereocenters. The van der Waals surface area contributed by atoms with Gasteiger partial charge in [0.2, 0.25) is 5.91 Å². The summed E-state index contributed by atoms with van der Waals surface area (Å²) in [7, 11) is 0. The summed E-state index contributed by atoms with van der Waals surface area (Å²) in [6, 6.07) is 8.48. The number of carbonyl (C=O) groups is 1. The van der Waals surface area contributed by atoms with Crippen molar-refractivity contribution in [2.75, 3.05) is 13.2 Å². The Balaban J connectivity index is 1.63. The number of nitrogens with one attached hydrogen (secondary N) is 1. The Morgan fingerprint density at radius 1 is 1.38 bits per heavy atom. The number of rotatable bonds is 5. The zero-order valence-electron chi connectivity index (χ0n) is 13.1. The minimum atomic E-state index is -0.276. The first kappa shape index (κ1) is 16.7. The molecule has 0 spiro atoms. The van der Waals surface area contributed by atoms with Gasteiger partial charge in [-0.25, -0.2) is 4.98 Å². The fraction of sp³-hybridized carbons (Fsp3) is 0.353. The van der Waals surface area contributed by atoms with Crippen LogP contribution < -0.4 is 10.9 Å². The van der Waals surface area contributed by atoms with E-state index in [1.807, 2.05) is 0 Å². The van der Waals surface area contributed by atoms with E-state index in [1.54, 1.807) is 24.3 Å². The SMILES string of the molecule is O=C(Cn1cnc(-c2ccc(Cl)cc2)cc1=O)NCC1CCCO1. The minimum absolute atomic E-state index is 0.0561. The maximum Gasteiger partial charge on any atom is 0.254 e. The average Bonchev–Trinajstić information content (AvgIpc) is 3.09. The molecule has 1 aromatic carbocycles. The molecule has 24 heavy (non-hydrogen) atoms. The lowest BCUT2D eigenvalue weighted by Gasteiger charge is -2.11. The number of halogens is 1. The second kappa shape index (κ2) is 7.59. The van der Waals surface area contributed by atoms with Gasteiger partial charge in [0.05, 0.1) is 18.1 Å². The van der Waals surface area contributed by atoms with Crippen molar-refractivity contribution in [1.82, 2.24) is 14.9 Å². The smallest absolute Gasteiger partial charge is 0.254 e. The zero-order chi connectivity index (χ0) is 16.9. The number of amides is 1. The Labute approximate surface area is 144 Å². The van der Waals surface area contributed by atoms with Gasteiger partial charge in [-0.1, -0.05) is 23.7 Å². The fourth-order valence-corrected chi connectivity index (χ4v) is 2.69. The Morgan fingerprint density at radius 2 is 2.17 bits per heavy atom. The molecule has 0 aliphatic carbocycles. The van der Waals surface area contributed by atoms with E-state index in [0.29, 0.717) is 17.3 Å². The molecule has 1 fully saturated rings. The van der Waals surface area contributed by atoms with Gasteiger partial charge >= 0.3 is 0 Å². The Kier molecular flexibility index (Phi) is 5.27. The molecule has 1 aliphatic heterocycles. The third-order valence-corrected chi connectivity index (χ3v) is 4.14. The van der Waals surface area contributed by atoms with Gasteiger partial charge in [0.15, 0.2) is 0 Å². The van der Waals surface area contributed by atoms with Crippen molar-refractivity contribution in [3.63, 3.8) is 0 Å². The lowest BCUT2D eigenvalue weighted by Crippen LogP contribution is -2.36. The van der Waals surface area contributed by atoms with Crippen LogP contribution in [0.3, 0.4) is 0 Å². The maximum absolute atomic E-state index is 12.2. The molecule has 1 N–H and O–H groups in total. The summed E-state index contributed by atoms with van der Waals surface area (Å²) in [5, 5.41) is 3.41. The van der Waals surface area contributed by atoms with E-state index in [2.05, 4.69) is 10.3 Å². The van der Waals surface area contributed by atoms with Crippen molar-refractivity contribution in [2.24, 2.45) is 0 Å². The number of hydrogen-bond donors (Lipinski definition) is 1. The summed E-state index contributed by atoms with van der Waals surface area (Å²) in [5.41, 5.74) is 1.07. The van der Waals surface area contributed by atoms with Crippen molar-refractivity contribution in [2.45, 2.75) is 25.5 Å². The Hall–Kier alpha value is -2.18. The van der Waals surface area contributed by atoms with Crippen LogP contribution >= 0.6 is 11.6 Å².